The predicted molar refractivity (Wildman–Crippen MR) is 50.8 cm³/mol. The molecule has 1 aromatic heterocycles. The molecule has 0 aliphatic heterocycles. The zero-order valence-corrected chi connectivity index (χ0v) is 8.52. The molecule has 3 N–H and O–H groups in total. The van der Waals surface area contributed by atoms with Gasteiger partial charge in [-0.05, 0) is 0 Å². The molecule has 7 nitrogen and oxygen atoms in total. The van der Waals surface area contributed by atoms with Gasteiger partial charge in [-0.2, -0.15) is 4.98 Å². The van der Waals surface area contributed by atoms with Crippen LogP contribution in [0.5, 0.6) is 0 Å². The second kappa shape index (κ2) is 6.10. The summed E-state index contributed by atoms with van der Waals surface area (Å²) in [6, 6.07) is 0. The van der Waals surface area contributed by atoms with E-state index in [1.54, 1.807) is 6.92 Å². The Hall–Kier alpha value is -1.47. The molecule has 0 spiro atoms. The highest BCUT2D eigenvalue weighted by atomic mass is 16.5. The van der Waals surface area contributed by atoms with Gasteiger partial charge in [0.1, 0.15) is 6.61 Å². The molecule has 1 amide bonds. The molecule has 0 saturated carbocycles. The molecule has 0 aliphatic carbocycles. The van der Waals surface area contributed by atoms with Crippen molar-refractivity contribution in [1.82, 2.24) is 15.5 Å². The van der Waals surface area contributed by atoms with E-state index < -0.39 is 0 Å². The number of aromatic nitrogens is 2. The molecule has 0 unspecified atom stereocenters. The molecule has 1 rings (SSSR count). The van der Waals surface area contributed by atoms with Gasteiger partial charge >= 0.3 is 0 Å². The van der Waals surface area contributed by atoms with Crippen molar-refractivity contribution in [2.75, 3.05) is 19.8 Å². The van der Waals surface area contributed by atoms with Gasteiger partial charge in [0.05, 0.1) is 13.2 Å². The maximum absolute atomic E-state index is 11.1. The zero-order chi connectivity index (χ0) is 11.1. The first kappa shape index (κ1) is 11.6. The summed E-state index contributed by atoms with van der Waals surface area (Å²) in [5, 5.41) is 6.20. The minimum Gasteiger partial charge on any atom is -0.370 e. The fourth-order valence-corrected chi connectivity index (χ4v) is 0.890. The quantitative estimate of drug-likeness (QED) is 0.587. The average molecular weight is 214 g/mol. The van der Waals surface area contributed by atoms with Crippen molar-refractivity contribution in [3.63, 3.8) is 0 Å². The average Bonchev–Trinajstić information content (AvgIpc) is 2.62. The van der Waals surface area contributed by atoms with Crippen LogP contribution in [0.15, 0.2) is 4.52 Å². The summed E-state index contributed by atoms with van der Waals surface area (Å²) in [7, 11) is 0. The van der Waals surface area contributed by atoms with Gasteiger partial charge < -0.3 is 20.3 Å². The molecule has 7 heteroatoms. The lowest BCUT2D eigenvalue weighted by atomic mass is 10.5. The highest BCUT2D eigenvalue weighted by Crippen LogP contribution is 1.93. The van der Waals surface area contributed by atoms with Crippen LogP contribution in [0, 0.1) is 6.92 Å². The summed E-state index contributed by atoms with van der Waals surface area (Å²) in [5.41, 5.74) is 5.19. The Labute approximate surface area is 87.0 Å². The standard InChI is InChI=1S/C8H14N4O3/c1-6-11-7(12-15-6)4-10-8(13)5-14-3-2-9/h2-5,9H2,1H3,(H,10,13). The number of hydrogen-bond donors (Lipinski definition) is 2. The van der Waals surface area contributed by atoms with E-state index in [1.807, 2.05) is 0 Å². The van der Waals surface area contributed by atoms with Gasteiger partial charge in [-0.25, -0.2) is 0 Å². The summed E-state index contributed by atoms with van der Waals surface area (Å²) >= 11 is 0. The number of nitrogens with one attached hydrogen (secondary N) is 1. The number of aryl methyl sites for hydroxylation is 1. The smallest absolute Gasteiger partial charge is 0.246 e. The highest BCUT2D eigenvalue weighted by Gasteiger charge is 2.05. The maximum Gasteiger partial charge on any atom is 0.246 e. The van der Waals surface area contributed by atoms with Crippen molar-refractivity contribution < 1.29 is 14.1 Å². The monoisotopic (exact) mass is 214 g/mol. The van der Waals surface area contributed by atoms with Crippen molar-refractivity contribution >= 4 is 5.91 Å². The fourth-order valence-electron chi connectivity index (χ4n) is 0.890. The van der Waals surface area contributed by atoms with Crippen LogP contribution >= 0.6 is 0 Å². The number of ether oxygens (including phenoxy) is 1. The van der Waals surface area contributed by atoms with Gasteiger partial charge in [0.15, 0.2) is 5.82 Å². The third kappa shape index (κ3) is 4.52. The molecule has 1 aromatic rings. The first-order valence-electron chi connectivity index (χ1n) is 4.56. The van der Waals surface area contributed by atoms with Crippen molar-refractivity contribution in [3.8, 4) is 0 Å². The predicted octanol–water partition coefficient (Wildman–Crippen LogP) is -1.03. The molecule has 0 bridgehead atoms. The molecule has 0 atom stereocenters. The second-order valence-electron chi connectivity index (χ2n) is 2.85. The number of rotatable bonds is 6. The lowest BCUT2D eigenvalue weighted by Crippen LogP contribution is -2.28. The van der Waals surface area contributed by atoms with E-state index in [1.165, 1.54) is 0 Å². The lowest BCUT2D eigenvalue weighted by Gasteiger charge is -2.02. The Morgan fingerprint density at radius 3 is 3.07 bits per heavy atom. The van der Waals surface area contributed by atoms with Crippen LogP contribution < -0.4 is 11.1 Å². The van der Waals surface area contributed by atoms with Gasteiger partial charge in [0.2, 0.25) is 11.8 Å². The molecular weight excluding hydrogens is 200 g/mol. The van der Waals surface area contributed by atoms with E-state index in [4.69, 9.17) is 15.0 Å². The van der Waals surface area contributed by atoms with Crippen LogP contribution in [-0.4, -0.2) is 35.8 Å². The van der Waals surface area contributed by atoms with Crippen LogP contribution in [0.2, 0.25) is 0 Å². The van der Waals surface area contributed by atoms with E-state index >= 15 is 0 Å². The van der Waals surface area contributed by atoms with E-state index in [-0.39, 0.29) is 19.1 Å². The Morgan fingerprint density at radius 2 is 2.47 bits per heavy atom. The van der Waals surface area contributed by atoms with Gasteiger partial charge in [0, 0.05) is 13.5 Å². The number of hydrogen-bond acceptors (Lipinski definition) is 6. The number of carbonyl (C=O) groups is 1. The Kier molecular flexibility index (Phi) is 4.72. The Morgan fingerprint density at radius 1 is 1.67 bits per heavy atom. The number of carbonyl (C=O) groups excluding carboxylic acids is 1. The van der Waals surface area contributed by atoms with E-state index in [0.29, 0.717) is 24.9 Å². The van der Waals surface area contributed by atoms with Gasteiger partial charge in [0.25, 0.3) is 0 Å². The summed E-state index contributed by atoms with van der Waals surface area (Å²) in [5.74, 6) is 0.684. The minimum atomic E-state index is -0.231. The Bertz CT molecular complexity index is 313. The zero-order valence-electron chi connectivity index (χ0n) is 8.52. The molecule has 0 radical (unpaired) electrons. The lowest BCUT2D eigenvalue weighted by molar-refractivity contribution is -0.125. The molecule has 84 valence electrons. The van der Waals surface area contributed by atoms with Crippen LogP contribution in [0.25, 0.3) is 0 Å². The second-order valence-corrected chi connectivity index (χ2v) is 2.85. The van der Waals surface area contributed by atoms with Crippen molar-refractivity contribution in [1.29, 1.82) is 0 Å². The maximum atomic E-state index is 11.1. The van der Waals surface area contributed by atoms with E-state index in [0.717, 1.165) is 0 Å². The van der Waals surface area contributed by atoms with Crippen molar-refractivity contribution in [2.45, 2.75) is 13.5 Å². The van der Waals surface area contributed by atoms with E-state index in [9.17, 15) is 4.79 Å². The minimum absolute atomic E-state index is 0.00592. The summed E-state index contributed by atoms with van der Waals surface area (Å²) in [4.78, 5) is 15.1. The van der Waals surface area contributed by atoms with E-state index in [2.05, 4.69) is 15.5 Å². The largest absolute Gasteiger partial charge is 0.370 e. The van der Waals surface area contributed by atoms with Crippen LogP contribution in [-0.2, 0) is 16.1 Å². The SMILES string of the molecule is Cc1nc(CNC(=O)COCCN)no1. The molecule has 15 heavy (non-hydrogen) atoms. The molecule has 0 aliphatic rings. The van der Waals surface area contributed by atoms with Crippen molar-refractivity contribution in [3.05, 3.63) is 11.7 Å². The number of nitrogens with zero attached hydrogens (tertiary/aromatic N) is 2. The summed E-state index contributed by atoms with van der Waals surface area (Å²) < 4.78 is 9.67. The third-order valence-electron chi connectivity index (χ3n) is 1.51. The molecule has 0 fully saturated rings. The van der Waals surface area contributed by atoms with Crippen LogP contribution in [0.3, 0.4) is 0 Å². The number of amides is 1. The summed E-state index contributed by atoms with van der Waals surface area (Å²) in [6.45, 7) is 2.69. The normalized spacial score (nSPS) is 10.3. The molecule has 1 heterocycles. The first-order valence-corrected chi connectivity index (χ1v) is 4.56. The van der Waals surface area contributed by atoms with Crippen molar-refractivity contribution in [2.24, 2.45) is 5.73 Å². The fraction of sp³-hybridized carbons (Fsp3) is 0.625. The number of nitrogens with two attached hydrogens (primary N) is 1. The highest BCUT2D eigenvalue weighted by molar-refractivity contribution is 5.77. The molecule has 0 aromatic carbocycles. The summed E-state index contributed by atoms with van der Waals surface area (Å²) in [6.07, 6.45) is 0. The van der Waals surface area contributed by atoms with Gasteiger partial charge in [-0.15, -0.1) is 0 Å². The van der Waals surface area contributed by atoms with Crippen LogP contribution in [0.1, 0.15) is 11.7 Å². The topological polar surface area (TPSA) is 103 Å². The first-order chi connectivity index (χ1) is 7.22. The molecular formula is C8H14N4O3. The Balaban J connectivity index is 2.16. The van der Waals surface area contributed by atoms with Gasteiger partial charge in [-0.3, -0.25) is 4.79 Å². The molecule has 0 saturated heterocycles. The third-order valence-corrected chi connectivity index (χ3v) is 1.51. The van der Waals surface area contributed by atoms with Crippen LogP contribution in [0.4, 0.5) is 0 Å². The van der Waals surface area contributed by atoms with Gasteiger partial charge in [-0.1, -0.05) is 5.16 Å².